The maximum atomic E-state index is 12.0. The van der Waals surface area contributed by atoms with Crippen LogP contribution in [-0.2, 0) is 16.0 Å². The average molecular weight is 470 g/mol. The number of nitrogens with zero attached hydrogens (tertiary/aromatic N) is 1. The fourth-order valence-electron chi connectivity index (χ4n) is 4.05. The van der Waals surface area contributed by atoms with E-state index >= 15 is 0 Å². The van der Waals surface area contributed by atoms with Crippen LogP contribution >= 0.6 is 11.6 Å². The highest BCUT2D eigenvalue weighted by molar-refractivity contribution is 6.31. The van der Waals surface area contributed by atoms with Crippen molar-refractivity contribution in [2.45, 2.75) is 75.8 Å². The molecule has 2 aromatic rings. The number of fused-ring (bicyclic) bond motifs is 1. The second-order valence-corrected chi connectivity index (χ2v) is 8.66. The second kappa shape index (κ2) is 12.1. The summed E-state index contributed by atoms with van der Waals surface area (Å²) < 4.78 is 12.6. The van der Waals surface area contributed by atoms with Crippen molar-refractivity contribution in [3.8, 4) is 0 Å². The molecule has 8 nitrogen and oxygen atoms in total. The Morgan fingerprint density at radius 1 is 1.00 bits per heavy atom. The number of unbranched alkanes of at least 4 members (excludes halogenated alkanes) is 5. The van der Waals surface area contributed by atoms with Crippen molar-refractivity contribution in [3.05, 3.63) is 45.7 Å². The number of aryl methyl sites for hydroxylation is 1. The van der Waals surface area contributed by atoms with Gasteiger partial charge in [-0.2, -0.15) is 0 Å². The third-order valence-corrected chi connectivity index (χ3v) is 6.12. The Labute approximate surface area is 192 Å². The Balaban J connectivity index is 1.32. The monoisotopic (exact) mass is 469 g/mol. The van der Waals surface area contributed by atoms with Gasteiger partial charge in [0, 0.05) is 35.8 Å². The standard InChI is InChI=1S/C23H32ClNO7/c24-15-7-8-16-17(13-15)25(11-9-18(16)27)10-5-3-1-2-4-6-12-31-22-20(28)19(14-26)32-23(30)21(22)29/h7-9,11,13,19-23,26,28-30H,1-6,10,12,14H2/t19-,20-,21-,22+,23?/m1/s1. The topological polar surface area (TPSA) is 121 Å². The summed E-state index contributed by atoms with van der Waals surface area (Å²) in [6.45, 7) is 0.689. The lowest BCUT2D eigenvalue weighted by atomic mass is 9.99. The van der Waals surface area contributed by atoms with Crippen LogP contribution in [0.15, 0.2) is 35.3 Å². The molecule has 1 aliphatic heterocycles. The molecule has 3 rings (SSSR count). The van der Waals surface area contributed by atoms with Crippen molar-refractivity contribution < 1.29 is 29.9 Å². The molecule has 0 bridgehead atoms. The van der Waals surface area contributed by atoms with E-state index in [4.69, 9.17) is 21.1 Å². The number of halogens is 1. The van der Waals surface area contributed by atoms with Gasteiger partial charge in [0.2, 0.25) is 0 Å². The normalized spacial score (nSPS) is 26.0. The fourth-order valence-corrected chi connectivity index (χ4v) is 4.21. The summed E-state index contributed by atoms with van der Waals surface area (Å²) >= 11 is 6.09. The number of aliphatic hydroxyl groups is 4. The van der Waals surface area contributed by atoms with Crippen molar-refractivity contribution >= 4 is 22.5 Å². The number of aromatic nitrogens is 1. The molecule has 0 amide bonds. The Kier molecular flexibility index (Phi) is 9.48. The Bertz CT molecular complexity index is 921. The predicted octanol–water partition coefficient (Wildman–Crippen LogP) is 1.81. The van der Waals surface area contributed by atoms with Crippen LogP contribution in [0.3, 0.4) is 0 Å². The molecule has 5 atom stereocenters. The number of hydrogen-bond acceptors (Lipinski definition) is 7. The average Bonchev–Trinajstić information content (AvgIpc) is 2.78. The van der Waals surface area contributed by atoms with E-state index < -0.39 is 37.3 Å². The summed E-state index contributed by atoms with van der Waals surface area (Å²) in [5, 5.41) is 40.2. The molecule has 0 spiro atoms. The van der Waals surface area contributed by atoms with E-state index in [0.29, 0.717) is 17.0 Å². The zero-order valence-corrected chi connectivity index (χ0v) is 18.7. The van der Waals surface area contributed by atoms with Crippen LogP contribution < -0.4 is 5.43 Å². The molecule has 0 aliphatic carbocycles. The molecule has 1 fully saturated rings. The molecule has 4 N–H and O–H groups in total. The van der Waals surface area contributed by atoms with Gasteiger partial charge in [-0.3, -0.25) is 4.79 Å². The van der Waals surface area contributed by atoms with Crippen LogP contribution in [0, 0.1) is 0 Å². The molecule has 178 valence electrons. The third kappa shape index (κ3) is 6.29. The summed E-state index contributed by atoms with van der Waals surface area (Å²) in [7, 11) is 0. The van der Waals surface area contributed by atoms with E-state index in [1.165, 1.54) is 0 Å². The van der Waals surface area contributed by atoms with Gasteiger partial charge in [0.15, 0.2) is 11.7 Å². The number of hydrogen-bond donors (Lipinski definition) is 4. The third-order valence-electron chi connectivity index (χ3n) is 5.88. The Morgan fingerprint density at radius 3 is 2.47 bits per heavy atom. The lowest BCUT2D eigenvalue weighted by molar-refractivity contribution is -0.294. The molecule has 1 aromatic carbocycles. The zero-order valence-electron chi connectivity index (χ0n) is 18.0. The molecule has 1 saturated heterocycles. The minimum atomic E-state index is -1.49. The maximum Gasteiger partial charge on any atom is 0.189 e. The van der Waals surface area contributed by atoms with Gasteiger partial charge in [0.05, 0.1) is 12.1 Å². The summed E-state index contributed by atoms with van der Waals surface area (Å²) in [5.74, 6) is 0. The smallest absolute Gasteiger partial charge is 0.189 e. The van der Waals surface area contributed by atoms with Crippen molar-refractivity contribution in [3.63, 3.8) is 0 Å². The van der Waals surface area contributed by atoms with Gasteiger partial charge in [-0.05, 0) is 31.0 Å². The highest BCUT2D eigenvalue weighted by atomic mass is 35.5. The Morgan fingerprint density at radius 2 is 1.72 bits per heavy atom. The van der Waals surface area contributed by atoms with E-state index in [-0.39, 0.29) is 5.43 Å². The molecule has 32 heavy (non-hydrogen) atoms. The van der Waals surface area contributed by atoms with Gasteiger partial charge in [-0.1, -0.05) is 37.3 Å². The first-order valence-corrected chi connectivity index (χ1v) is 11.5. The quantitative estimate of drug-likeness (QED) is 0.370. The number of ether oxygens (including phenoxy) is 2. The van der Waals surface area contributed by atoms with Crippen molar-refractivity contribution in [1.29, 1.82) is 0 Å². The minimum Gasteiger partial charge on any atom is -0.394 e. The van der Waals surface area contributed by atoms with Gasteiger partial charge in [0.25, 0.3) is 0 Å². The van der Waals surface area contributed by atoms with Crippen LogP contribution in [0.25, 0.3) is 10.9 Å². The van der Waals surface area contributed by atoms with E-state index in [1.54, 1.807) is 18.2 Å². The molecular weight excluding hydrogens is 438 g/mol. The van der Waals surface area contributed by atoms with Gasteiger partial charge in [-0.25, -0.2) is 0 Å². The van der Waals surface area contributed by atoms with Gasteiger partial charge in [-0.15, -0.1) is 0 Å². The molecular formula is C23H32ClNO7. The van der Waals surface area contributed by atoms with Crippen LogP contribution in [0.4, 0.5) is 0 Å². The number of benzene rings is 1. The van der Waals surface area contributed by atoms with E-state index in [0.717, 1.165) is 50.6 Å². The van der Waals surface area contributed by atoms with Crippen LogP contribution in [-0.4, -0.2) is 68.9 Å². The summed E-state index contributed by atoms with van der Waals surface area (Å²) in [4.78, 5) is 12.0. The lowest BCUT2D eigenvalue weighted by Gasteiger charge is -2.39. The maximum absolute atomic E-state index is 12.0. The zero-order chi connectivity index (χ0) is 23.1. The summed E-state index contributed by atoms with van der Waals surface area (Å²) in [6, 6.07) is 6.91. The Hall–Kier alpha value is -1.52. The number of aliphatic hydroxyl groups excluding tert-OH is 4. The first-order chi connectivity index (χ1) is 15.4. The number of rotatable bonds is 11. The molecule has 9 heteroatoms. The van der Waals surface area contributed by atoms with Crippen LogP contribution in [0.5, 0.6) is 0 Å². The molecule has 1 aliphatic rings. The van der Waals surface area contributed by atoms with E-state index in [2.05, 4.69) is 4.57 Å². The van der Waals surface area contributed by atoms with Crippen molar-refractivity contribution in [2.24, 2.45) is 0 Å². The van der Waals surface area contributed by atoms with Crippen molar-refractivity contribution in [2.75, 3.05) is 13.2 Å². The van der Waals surface area contributed by atoms with E-state index in [1.807, 2.05) is 12.3 Å². The molecule has 1 unspecified atom stereocenters. The predicted molar refractivity (Wildman–Crippen MR) is 121 cm³/mol. The highest BCUT2D eigenvalue weighted by Gasteiger charge is 2.44. The lowest BCUT2D eigenvalue weighted by Crippen LogP contribution is -2.59. The molecule has 1 aromatic heterocycles. The van der Waals surface area contributed by atoms with Gasteiger partial charge < -0.3 is 34.5 Å². The largest absolute Gasteiger partial charge is 0.394 e. The van der Waals surface area contributed by atoms with Crippen molar-refractivity contribution in [1.82, 2.24) is 4.57 Å². The number of pyridine rings is 1. The molecule has 2 heterocycles. The van der Waals surface area contributed by atoms with Crippen LogP contribution in [0.2, 0.25) is 5.02 Å². The second-order valence-electron chi connectivity index (χ2n) is 8.22. The highest BCUT2D eigenvalue weighted by Crippen LogP contribution is 2.23. The first-order valence-electron chi connectivity index (χ1n) is 11.1. The molecule has 0 saturated carbocycles. The summed E-state index contributed by atoms with van der Waals surface area (Å²) in [5.41, 5.74) is 0.852. The SMILES string of the molecule is O=c1ccn(CCCCCCCCO[C@H]2[C@H](O)[C@@H](CO)OC(O)[C@@H]2O)c2cc(Cl)ccc12. The minimum absolute atomic E-state index is 0.00248. The van der Waals surface area contributed by atoms with Gasteiger partial charge in [0.1, 0.15) is 24.4 Å². The van der Waals surface area contributed by atoms with Gasteiger partial charge >= 0.3 is 0 Å². The first kappa shape index (κ1) is 25.1. The fraction of sp³-hybridized carbons (Fsp3) is 0.609. The molecule has 0 radical (unpaired) electrons. The van der Waals surface area contributed by atoms with Crippen LogP contribution in [0.1, 0.15) is 38.5 Å². The summed E-state index contributed by atoms with van der Waals surface area (Å²) in [6.07, 6.45) is 1.64. The van der Waals surface area contributed by atoms with E-state index in [9.17, 15) is 25.2 Å².